The molecule has 4 rings (SSSR count). The molecule has 0 fully saturated rings. The van der Waals surface area contributed by atoms with E-state index in [9.17, 15) is 13.2 Å². The number of anilines is 1. The fraction of sp³-hybridized carbons (Fsp3) is 0.318. The van der Waals surface area contributed by atoms with Crippen LogP contribution in [0, 0.1) is 6.92 Å². The van der Waals surface area contributed by atoms with Gasteiger partial charge in [-0.2, -0.15) is 0 Å². The van der Waals surface area contributed by atoms with Crippen molar-refractivity contribution in [3.8, 4) is 11.5 Å². The van der Waals surface area contributed by atoms with Gasteiger partial charge in [0.05, 0.1) is 11.4 Å². The molecule has 1 aliphatic rings. The molecule has 9 heteroatoms. The number of fused-ring (bicyclic) bond motifs is 1. The first kappa shape index (κ1) is 21.0. The van der Waals surface area contributed by atoms with Crippen LogP contribution in [0.5, 0.6) is 0 Å². The molecule has 3 aromatic rings. The highest BCUT2D eigenvalue weighted by molar-refractivity contribution is 7.92. The van der Waals surface area contributed by atoms with Gasteiger partial charge >= 0.3 is 0 Å². The lowest BCUT2D eigenvalue weighted by atomic mass is 10.1. The molecule has 0 bridgehead atoms. The molecular formula is C22H24N4O4S. The van der Waals surface area contributed by atoms with Gasteiger partial charge < -0.3 is 9.73 Å². The Kier molecular flexibility index (Phi) is 6.03. The van der Waals surface area contributed by atoms with Gasteiger partial charge in [0, 0.05) is 31.5 Å². The van der Waals surface area contributed by atoms with Crippen LogP contribution < -0.4 is 9.62 Å². The van der Waals surface area contributed by atoms with Gasteiger partial charge in [-0.05, 0) is 37.1 Å². The lowest BCUT2D eigenvalue weighted by Gasteiger charge is -2.19. The number of carbonyl (C=O) groups excluding carboxylic acids is 1. The predicted molar refractivity (Wildman–Crippen MR) is 117 cm³/mol. The van der Waals surface area contributed by atoms with Crippen LogP contribution in [0.25, 0.3) is 11.5 Å². The first-order valence-electron chi connectivity index (χ1n) is 10.2. The topological polar surface area (TPSA) is 105 Å². The zero-order chi connectivity index (χ0) is 21.8. The average molecular weight is 441 g/mol. The van der Waals surface area contributed by atoms with Crippen LogP contribution in [0.1, 0.15) is 23.4 Å². The van der Waals surface area contributed by atoms with Crippen molar-refractivity contribution in [2.75, 3.05) is 23.1 Å². The summed E-state index contributed by atoms with van der Waals surface area (Å²) in [5, 5.41) is 10.7. The molecule has 0 saturated carbocycles. The van der Waals surface area contributed by atoms with Gasteiger partial charge in [0.2, 0.25) is 27.7 Å². The number of nitrogens with zero attached hydrogens (tertiary/aromatic N) is 3. The second-order valence-electron chi connectivity index (χ2n) is 7.48. The normalized spacial score (nSPS) is 13.3. The van der Waals surface area contributed by atoms with Crippen LogP contribution >= 0.6 is 0 Å². The monoisotopic (exact) mass is 440 g/mol. The highest BCUT2D eigenvalue weighted by Crippen LogP contribution is 2.29. The van der Waals surface area contributed by atoms with Crippen LogP contribution in [-0.2, 0) is 27.7 Å². The lowest BCUT2D eigenvalue weighted by molar-refractivity contribution is -0.121. The average Bonchev–Trinajstić information content (AvgIpc) is 3.40. The number of amides is 1. The third-order valence-corrected chi connectivity index (χ3v) is 6.96. The molecule has 0 unspecified atom stereocenters. The van der Waals surface area contributed by atoms with E-state index in [2.05, 4.69) is 15.5 Å². The van der Waals surface area contributed by atoms with Crippen LogP contribution in [0.3, 0.4) is 0 Å². The molecule has 2 aromatic carbocycles. The number of aromatic nitrogens is 2. The minimum Gasteiger partial charge on any atom is -0.421 e. The third kappa shape index (κ3) is 4.93. The van der Waals surface area contributed by atoms with E-state index in [1.165, 1.54) is 4.31 Å². The summed E-state index contributed by atoms with van der Waals surface area (Å²) >= 11 is 0. The standard InChI is InChI=1S/C22H24N4O4S/c1-16-6-8-18(9-7-16)22-25-24-21(30-22)11-10-20(27)23-13-15-31(28,29)26-14-12-17-4-2-3-5-19(17)26/h2-9H,10-15H2,1H3,(H,23,27). The van der Waals surface area contributed by atoms with Crippen molar-refractivity contribution in [2.45, 2.75) is 26.2 Å². The minimum absolute atomic E-state index is 0.0539. The maximum atomic E-state index is 12.7. The quantitative estimate of drug-likeness (QED) is 0.577. The molecule has 1 N–H and O–H groups in total. The fourth-order valence-corrected chi connectivity index (χ4v) is 4.93. The van der Waals surface area contributed by atoms with E-state index in [0.29, 0.717) is 24.7 Å². The molecular weight excluding hydrogens is 416 g/mol. The lowest BCUT2D eigenvalue weighted by Crippen LogP contribution is -2.37. The summed E-state index contributed by atoms with van der Waals surface area (Å²) in [7, 11) is -3.49. The summed E-state index contributed by atoms with van der Waals surface area (Å²) in [5.74, 6) is 0.372. The largest absolute Gasteiger partial charge is 0.421 e. The molecule has 0 spiro atoms. The maximum absolute atomic E-state index is 12.7. The second kappa shape index (κ2) is 8.89. The predicted octanol–water partition coefficient (Wildman–Crippen LogP) is 2.49. The number of sulfonamides is 1. The Hall–Kier alpha value is -3.20. The number of rotatable bonds is 8. The van der Waals surface area contributed by atoms with Crippen molar-refractivity contribution in [1.29, 1.82) is 0 Å². The Balaban J connectivity index is 1.24. The van der Waals surface area contributed by atoms with Crippen molar-refractivity contribution in [3.05, 3.63) is 65.5 Å². The molecule has 162 valence electrons. The van der Waals surface area contributed by atoms with Crippen LogP contribution in [0.15, 0.2) is 52.9 Å². The van der Waals surface area contributed by atoms with E-state index in [4.69, 9.17) is 4.42 Å². The Morgan fingerprint density at radius 2 is 1.90 bits per heavy atom. The minimum atomic E-state index is -3.49. The molecule has 2 heterocycles. The molecule has 1 aliphatic heterocycles. The number of aryl methyl sites for hydroxylation is 2. The summed E-state index contributed by atoms with van der Waals surface area (Å²) in [6.07, 6.45) is 1.13. The number of hydrogen-bond acceptors (Lipinski definition) is 6. The SMILES string of the molecule is Cc1ccc(-c2nnc(CCC(=O)NCCS(=O)(=O)N3CCc4ccccc43)o2)cc1. The van der Waals surface area contributed by atoms with E-state index in [1.807, 2.05) is 55.5 Å². The zero-order valence-electron chi connectivity index (χ0n) is 17.2. The maximum Gasteiger partial charge on any atom is 0.247 e. The number of benzene rings is 2. The number of carbonyl (C=O) groups is 1. The Morgan fingerprint density at radius 3 is 2.71 bits per heavy atom. The van der Waals surface area contributed by atoms with Crippen LogP contribution in [0.2, 0.25) is 0 Å². The Bertz CT molecular complexity index is 1170. The molecule has 0 atom stereocenters. The molecule has 1 amide bonds. The van der Waals surface area contributed by atoms with Gasteiger partial charge in [0.15, 0.2) is 0 Å². The van der Waals surface area contributed by atoms with Gasteiger partial charge in [-0.15, -0.1) is 10.2 Å². The smallest absolute Gasteiger partial charge is 0.247 e. The van der Waals surface area contributed by atoms with E-state index in [-0.39, 0.29) is 31.0 Å². The van der Waals surface area contributed by atoms with E-state index in [1.54, 1.807) is 0 Å². The van der Waals surface area contributed by atoms with Crippen molar-refractivity contribution in [1.82, 2.24) is 15.5 Å². The summed E-state index contributed by atoms with van der Waals surface area (Å²) in [6, 6.07) is 15.2. The summed E-state index contributed by atoms with van der Waals surface area (Å²) in [6.45, 7) is 2.49. The molecule has 0 radical (unpaired) electrons. The molecule has 31 heavy (non-hydrogen) atoms. The Labute approximate surface area is 181 Å². The number of para-hydroxylation sites is 1. The van der Waals surface area contributed by atoms with Crippen molar-refractivity contribution >= 4 is 21.6 Å². The first-order valence-corrected chi connectivity index (χ1v) is 11.8. The van der Waals surface area contributed by atoms with Crippen molar-refractivity contribution in [3.63, 3.8) is 0 Å². The van der Waals surface area contributed by atoms with Crippen molar-refractivity contribution in [2.24, 2.45) is 0 Å². The zero-order valence-corrected chi connectivity index (χ0v) is 18.1. The van der Waals surface area contributed by atoms with E-state index in [0.717, 1.165) is 22.4 Å². The Morgan fingerprint density at radius 1 is 1.13 bits per heavy atom. The number of nitrogens with one attached hydrogen (secondary N) is 1. The van der Waals surface area contributed by atoms with Crippen LogP contribution in [0.4, 0.5) is 5.69 Å². The molecule has 1 aromatic heterocycles. The van der Waals surface area contributed by atoms with Gasteiger partial charge in [-0.1, -0.05) is 35.9 Å². The number of hydrogen-bond donors (Lipinski definition) is 1. The summed E-state index contributed by atoms with van der Waals surface area (Å²) in [5.41, 5.74) is 3.72. The molecule has 0 saturated heterocycles. The first-order chi connectivity index (χ1) is 14.9. The fourth-order valence-electron chi connectivity index (χ4n) is 3.50. The van der Waals surface area contributed by atoms with Gasteiger partial charge in [-0.3, -0.25) is 9.10 Å². The second-order valence-corrected chi connectivity index (χ2v) is 9.50. The van der Waals surface area contributed by atoms with E-state index >= 15 is 0 Å². The summed E-state index contributed by atoms with van der Waals surface area (Å²) < 4.78 is 32.4. The molecule has 8 nitrogen and oxygen atoms in total. The van der Waals surface area contributed by atoms with E-state index < -0.39 is 10.0 Å². The van der Waals surface area contributed by atoms with Crippen molar-refractivity contribution < 1.29 is 17.6 Å². The highest BCUT2D eigenvalue weighted by atomic mass is 32.2. The van der Waals surface area contributed by atoms with Gasteiger partial charge in [0.25, 0.3) is 0 Å². The third-order valence-electron chi connectivity index (χ3n) is 5.19. The highest BCUT2D eigenvalue weighted by Gasteiger charge is 2.28. The van der Waals surface area contributed by atoms with Crippen LogP contribution in [-0.4, -0.2) is 43.4 Å². The summed E-state index contributed by atoms with van der Waals surface area (Å²) in [4.78, 5) is 12.1. The van der Waals surface area contributed by atoms with Gasteiger partial charge in [-0.25, -0.2) is 8.42 Å². The van der Waals surface area contributed by atoms with Gasteiger partial charge in [0.1, 0.15) is 0 Å². The molecule has 0 aliphatic carbocycles.